The number of carboxylic acids is 1. The van der Waals surface area contributed by atoms with Gasteiger partial charge < -0.3 is 25.4 Å². The lowest BCUT2D eigenvalue weighted by Gasteiger charge is -2.21. The maximum absolute atomic E-state index is 12.1. The van der Waals surface area contributed by atoms with E-state index in [-0.39, 0.29) is 56.2 Å². The molecule has 2 atom stereocenters. The Balaban J connectivity index is 2.36. The fourth-order valence-corrected chi connectivity index (χ4v) is 2.37. The average molecular weight is 329 g/mol. The second-order valence-corrected chi connectivity index (χ2v) is 5.33. The molecule has 0 radical (unpaired) electrons. The van der Waals surface area contributed by atoms with Crippen LogP contribution in [-0.2, 0) is 23.9 Å². The number of nitrogens with zero attached hydrogens (tertiary/aromatic N) is 1. The van der Waals surface area contributed by atoms with Crippen molar-refractivity contribution in [1.29, 1.82) is 0 Å². The van der Waals surface area contributed by atoms with Gasteiger partial charge in [-0.2, -0.15) is 0 Å². The first kappa shape index (κ1) is 18.9. The van der Waals surface area contributed by atoms with Gasteiger partial charge in [0.15, 0.2) is 0 Å². The van der Waals surface area contributed by atoms with Crippen molar-refractivity contribution in [3.63, 3.8) is 0 Å². The molecule has 2 unspecified atom stereocenters. The smallest absolute Gasteiger partial charge is 0.326 e. The minimum Gasteiger partial charge on any atom is -0.480 e. The van der Waals surface area contributed by atoms with Gasteiger partial charge >= 0.3 is 5.97 Å². The van der Waals surface area contributed by atoms with Gasteiger partial charge in [-0.05, 0) is 0 Å². The van der Waals surface area contributed by atoms with E-state index in [4.69, 9.17) is 9.84 Å². The van der Waals surface area contributed by atoms with Crippen LogP contribution in [0.1, 0.15) is 26.2 Å². The summed E-state index contributed by atoms with van der Waals surface area (Å²) in [4.78, 5) is 46.8. The van der Waals surface area contributed by atoms with E-state index in [1.54, 1.807) is 0 Å². The number of carboxylic acid groups (broad SMARTS) is 1. The summed E-state index contributed by atoms with van der Waals surface area (Å²) in [6, 6.07) is -0.907. The Bertz CT molecular complexity index is 467. The first-order valence-electron chi connectivity index (χ1n) is 7.41. The molecule has 0 aromatic rings. The van der Waals surface area contributed by atoms with E-state index in [2.05, 4.69) is 10.6 Å². The molecule has 0 aromatic heterocycles. The third-order valence-electron chi connectivity index (χ3n) is 3.59. The molecule has 9 heteroatoms. The maximum atomic E-state index is 12.1. The molecule has 1 heterocycles. The number of carbonyl (C=O) groups excluding carboxylic acids is 3. The zero-order chi connectivity index (χ0) is 17.4. The van der Waals surface area contributed by atoms with Crippen molar-refractivity contribution in [3.8, 4) is 0 Å². The predicted octanol–water partition coefficient (Wildman–Crippen LogP) is -1.28. The van der Waals surface area contributed by atoms with E-state index in [1.807, 2.05) is 0 Å². The third-order valence-corrected chi connectivity index (χ3v) is 3.59. The second kappa shape index (κ2) is 9.09. The number of methoxy groups -OCH3 is 1. The van der Waals surface area contributed by atoms with Crippen LogP contribution in [-0.4, -0.2) is 72.6 Å². The molecule has 1 aliphatic heterocycles. The lowest BCUT2D eigenvalue weighted by atomic mass is 10.2. The zero-order valence-corrected chi connectivity index (χ0v) is 13.3. The third kappa shape index (κ3) is 6.23. The van der Waals surface area contributed by atoms with Crippen molar-refractivity contribution in [2.75, 3.05) is 26.7 Å². The molecule has 1 fully saturated rings. The number of hydrogen-bond donors (Lipinski definition) is 3. The maximum Gasteiger partial charge on any atom is 0.326 e. The number of amides is 3. The molecule has 0 saturated carbocycles. The summed E-state index contributed by atoms with van der Waals surface area (Å²) in [6.45, 7) is 2.19. The molecule has 3 amide bonds. The average Bonchev–Trinajstić information content (AvgIpc) is 2.93. The number of nitrogens with one attached hydrogen (secondary N) is 2. The Kier molecular flexibility index (Phi) is 7.46. The number of aliphatic carboxylic acids is 1. The van der Waals surface area contributed by atoms with E-state index in [0.717, 1.165) is 0 Å². The number of ether oxygens (including phenoxy) is 1. The van der Waals surface area contributed by atoms with Crippen molar-refractivity contribution in [2.45, 2.75) is 38.3 Å². The number of likely N-dealkylation sites (tertiary alicyclic amines) is 1. The van der Waals surface area contributed by atoms with Crippen LogP contribution in [0.2, 0.25) is 0 Å². The molecule has 130 valence electrons. The highest BCUT2D eigenvalue weighted by Crippen LogP contribution is 2.21. The highest BCUT2D eigenvalue weighted by molar-refractivity contribution is 5.87. The largest absolute Gasteiger partial charge is 0.480 e. The van der Waals surface area contributed by atoms with Crippen LogP contribution in [0.5, 0.6) is 0 Å². The van der Waals surface area contributed by atoms with E-state index >= 15 is 0 Å². The molecule has 1 saturated heterocycles. The van der Waals surface area contributed by atoms with Crippen LogP contribution < -0.4 is 10.6 Å². The molecular weight excluding hydrogens is 306 g/mol. The number of carbonyl (C=O) groups is 4. The number of rotatable bonds is 8. The summed E-state index contributed by atoms with van der Waals surface area (Å²) in [7, 11) is 1.47. The van der Waals surface area contributed by atoms with Gasteiger partial charge in [0.2, 0.25) is 17.7 Å². The topological polar surface area (TPSA) is 125 Å². The molecule has 0 spiro atoms. The summed E-state index contributed by atoms with van der Waals surface area (Å²) in [6.07, 6.45) is -0.141. The molecule has 0 bridgehead atoms. The van der Waals surface area contributed by atoms with Gasteiger partial charge in [0.1, 0.15) is 6.04 Å². The summed E-state index contributed by atoms with van der Waals surface area (Å²) >= 11 is 0. The van der Waals surface area contributed by atoms with Gasteiger partial charge in [0.25, 0.3) is 0 Å². The van der Waals surface area contributed by atoms with Crippen molar-refractivity contribution in [1.82, 2.24) is 15.5 Å². The van der Waals surface area contributed by atoms with Gasteiger partial charge in [-0.15, -0.1) is 0 Å². The molecule has 1 aliphatic rings. The quantitative estimate of drug-likeness (QED) is 0.476. The van der Waals surface area contributed by atoms with Crippen molar-refractivity contribution in [3.05, 3.63) is 0 Å². The van der Waals surface area contributed by atoms with Gasteiger partial charge in [-0.1, -0.05) is 0 Å². The van der Waals surface area contributed by atoms with E-state index in [0.29, 0.717) is 6.54 Å². The predicted molar refractivity (Wildman–Crippen MR) is 79.5 cm³/mol. The molecule has 23 heavy (non-hydrogen) atoms. The molecule has 3 N–H and O–H groups in total. The van der Waals surface area contributed by atoms with E-state index in [9.17, 15) is 19.2 Å². The molecular formula is C14H23N3O6. The Morgan fingerprint density at radius 3 is 2.39 bits per heavy atom. The fourth-order valence-electron chi connectivity index (χ4n) is 2.37. The van der Waals surface area contributed by atoms with Crippen LogP contribution in [0.15, 0.2) is 0 Å². The summed E-state index contributed by atoms with van der Waals surface area (Å²) in [5, 5.41) is 14.3. The normalized spacial score (nSPS) is 20.2. The van der Waals surface area contributed by atoms with Gasteiger partial charge in [0.05, 0.1) is 6.10 Å². The van der Waals surface area contributed by atoms with Crippen LogP contribution in [0.3, 0.4) is 0 Å². The van der Waals surface area contributed by atoms with Crippen molar-refractivity contribution < 1.29 is 29.0 Å². The Hall–Kier alpha value is -2.16. The number of hydrogen-bond acceptors (Lipinski definition) is 5. The monoisotopic (exact) mass is 329 g/mol. The highest BCUT2D eigenvalue weighted by atomic mass is 16.5. The molecule has 9 nitrogen and oxygen atoms in total. The lowest BCUT2D eigenvalue weighted by molar-refractivity contribution is -0.148. The standard InChI is InChI=1S/C14H23N3O6/c1-9(18)15-5-6-16-12(19)3-4-13(20)17-8-10(23-2)7-11(17)14(21)22/h10-11H,3-8H2,1-2H3,(H,15,18)(H,16,19)(H,21,22). The second-order valence-electron chi connectivity index (χ2n) is 5.33. The van der Waals surface area contributed by atoms with Crippen LogP contribution in [0.25, 0.3) is 0 Å². The molecule has 0 aromatic carbocycles. The molecule has 0 aliphatic carbocycles. The summed E-state index contributed by atoms with van der Waals surface area (Å²) in [5.74, 6) is -1.96. The van der Waals surface area contributed by atoms with E-state index < -0.39 is 12.0 Å². The summed E-state index contributed by atoms with van der Waals surface area (Å²) in [5.41, 5.74) is 0. The first-order chi connectivity index (χ1) is 10.8. The molecule has 1 rings (SSSR count). The van der Waals surface area contributed by atoms with Crippen molar-refractivity contribution >= 4 is 23.7 Å². The van der Waals surface area contributed by atoms with Crippen LogP contribution in [0, 0.1) is 0 Å². The first-order valence-corrected chi connectivity index (χ1v) is 7.41. The fraction of sp³-hybridized carbons (Fsp3) is 0.714. The zero-order valence-electron chi connectivity index (χ0n) is 13.3. The Morgan fingerprint density at radius 2 is 1.83 bits per heavy atom. The van der Waals surface area contributed by atoms with E-state index in [1.165, 1.54) is 18.9 Å². The minimum absolute atomic E-state index is 0.0284. The van der Waals surface area contributed by atoms with Gasteiger partial charge in [-0.25, -0.2) is 4.79 Å². The highest BCUT2D eigenvalue weighted by Gasteiger charge is 2.39. The van der Waals surface area contributed by atoms with Crippen LogP contribution in [0.4, 0.5) is 0 Å². The minimum atomic E-state index is -1.07. The van der Waals surface area contributed by atoms with Gasteiger partial charge in [0, 0.05) is 52.9 Å². The van der Waals surface area contributed by atoms with Crippen LogP contribution >= 0.6 is 0 Å². The van der Waals surface area contributed by atoms with Gasteiger partial charge in [-0.3, -0.25) is 14.4 Å². The SMILES string of the molecule is COC1CC(C(=O)O)N(C(=O)CCC(=O)NCCNC(C)=O)C1. The van der Waals surface area contributed by atoms with Crippen molar-refractivity contribution in [2.24, 2.45) is 0 Å². The summed E-state index contributed by atoms with van der Waals surface area (Å²) < 4.78 is 5.11. The lowest BCUT2D eigenvalue weighted by Crippen LogP contribution is -2.41. The Morgan fingerprint density at radius 1 is 1.17 bits per heavy atom. The Labute approximate surface area is 134 Å².